The molecule has 0 bridgehead atoms. The van der Waals surface area contributed by atoms with Crippen LogP contribution in [0.15, 0.2) is 35.5 Å². The number of rotatable bonds is 3. The predicted molar refractivity (Wildman–Crippen MR) is 105 cm³/mol. The number of aryl methyl sites for hydroxylation is 1. The average Bonchev–Trinajstić information content (AvgIpc) is 3.34. The summed E-state index contributed by atoms with van der Waals surface area (Å²) in [6.07, 6.45) is 3.81. The molecule has 1 saturated carbocycles. The number of hydrogen-bond donors (Lipinski definition) is 1. The molecule has 1 unspecified atom stereocenters. The number of amidine groups is 1. The van der Waals surface area contributed by atoms with Crippen LogP contribution in [0, 0.1) is 12.3 Å². The Morgan fingerprint density at radius 3 is 2.75 bits per heavy atom. The molecule has 0 radical (unpaired) electrons. The minimum Gasteiger partial charge on any atom is -0.493 e. The number of benzene rings is 1. The lowest BCUT2D eigenvalue weighted by molar-refractivity contribution is 0.0869. The van der Waals surface area contributed by atoms with Gasteiger partial charge in [0.15, 0.2) is 5.78 Å². The lowest BCUT2D eigenvalue weighted by Gasteiger charge is -2.39. The first-order valence-corrected chi connectivity index (χ1v) is 9.70. The molecule has 0 amide bonds. The van der Waals surface area contributed by atoms with Gasteiger partial charge in [-0.05, 0) is 49.1 Å². The topological polar surface area (TPSA) is 86.8 Å². The molecule has 1 atom stereocenters. The molecule has 1 aliphatic carbocycles. The van der Waals surface area contributed by atoms with Crippen molar-refractivity contribution in [3.63, 3.8) is 0 Å². The summed E-state index contributed by atoms with van der Waals surface area (Å²) in [6, 6.07) is 7.83. The summed E-state index contributed by atoms with van der Waals surface area (Å²) < 4.78 is 11.6. The Labute approximate surface area is 167 Å². The van der Waals surface area contributed by atoms with Gasteiger partial charge in [-0.1, -0.05) is 17.7 Å². The highest BCUT2D eigenvalue weighted by molar-refractivity contribution is 6.30. The first-order valence-electron chi connectivity index (χ1n) is 9.32. The molecule has 3 aliphatic rings. The maximum absolute atomic E-state index is 12.8. The molecule has 28 heavy (non-hydrogen) atoms. The number of halogens is 1. The van der Waals surface area contributed by atoms with E-state index in [1.54, 1.807) is 6.07 Å². The normalized spacial score (nSPS) is 23.7. The molecule has 2 aromatic rings. The van der Waals surface area contributed by atoms with Crippen molar-refractivity contribution in [3.05, 3.63) is 57.9 Å². The Morgan fingerprint density at radius 1 is 1.25 bits per heavy atom. The van der Waals surface area contributed by atoms with Gasteiger partial charge in [0, 0.05) is 23.6 Å². The summed E-state index contributed by atoms with van der Waals surface area (Å²) in [5.74, 6) is 0.739. The van der Waals surface area contributed by atoms with Gasteiger partial charge in [-0.3, -0.25) is 9.78 Å². The molecule has 5 rings (SSSR count). The molecule has 144 valence electrons. The van der Waals surface area contributed by atoms with E-state index in [-0.39, 0.29) is 23.6 Å². The Hall–Kier alpha value is -2.60. The molecule has 2 aliphatic heterocycles. The zero-order valence-corrected chi connectivity index (χ0v) is 16.3. The molecule has 1 fully saturated rings. The van der Waals surface area contributed by atoms with E-state index in [0.717, 1.165) is 35.3 Å². The van der Waals surface area contributed by atoms with Crippen LogP contribution in [0.5, 0.6) is 5.75 Å². The van der Waals surface area contributed by atoms with Crippen LogP contribution in [-0.4, -0.2) is 30.0 Å². The van der Waals surface area contributed by atoms with Crippen molar-refractivity contribution in [1.29, 1.82) is 0 Å². The number of carbonyl (C=O) groups excluding carboxylic acids is 1. The smallest absolute Gasteiger partial charge is 0.283 e. The van der Waals surface area contributed by atoms with Gasteiger partial charge in [0.2, 0.25) is 0 Å². The molecule has 1 aromatic carbocycles. The van der Waals surface area contributed by atoms with Crippen LogP contribution in [0.2, 0.25) is 5.02 Å². The average molecular weight is 398 g/mol. The second-order valence-electron chi connectivity index (χ2n) is 7.92. The van der Waals surface area contributed by atoms with Crippen LogP contribution in [-0.2, 0) is 16.7 Å². The van der Waals surface area contributed by atoms with E-state index >= 15 is 0 Å². The third-order valence-electron chi connectivity index (χ3n) is 6.13. The van der Waals surface area contributed by atoms with Crippen LogP contribution >= 0.6 is 11.6 Å². The lowest BCUT2D eigenvalue weighted by atomic mass is 9.74. The zero-order valence-electron chi connectivity index (χ0n) is 15.5. The number of aliphatic imine (C=N–C) groups is 1. The van der Waals surface area contributed by atoms with Crippen LogP contribution in [0.3, 0.4) is 0 Å². The maximum atomic E-state index is 12.8. The number of pyridine rings is 1. The number of ether oxygens (including phenoxy) is 2. The molecule has 2 N–H and O–H groups in total. The number of Topliss-reactive ketones (excluding diaryl/α,β-unsaturated/α-hetero) is 1. The Morgan fingerprint density at radius 2 is 2.07 bits per heavy atom. The Bertz CT molecular complexity index is 1030. The molecule has 0 saturated heterocycles. The van der Waals surface area contributed by atoms with Crippen LogP contribution < -0.4 is 10.5 Å². The number of nitrogens with two attached hydrogens (primary N) is 1. The highest BCUT2D eigenvalue weighted by Gasteiger charge is 2.66. The standard InChI is InChI=1S/C21H20ClN3O3/c1-12-6-14(22)9-24-18(12)16(26)8-13-2-3-17-15(7-13)21(11-28-19(23)25-21)20(4-5-20)10-27-17/h2-3,6-7,9H,4-5,8,10-11H2,1H3,(H2,23,25). The fourth-order valence-corrected chi connectivity index (χ4v) is 4.62. The van der Waals surface area contributed by atoms with Crippen LogP contribution in [0.4, 0.5) is 0 Å². The maximum Gasteiger partial charge on any atom is 0.283 e. The minimum atomic E-state index is -0.516. The SMILES string of the molecule is Cc1cc(Cl)cnc1C(=O)Cc1ccc2c(c1)C1(COC(N)=N1)C1(CC1)CO2. The monoisotopic (exact) mass is 397 g/mol. The van der Waals surface area contributed by atoms with Gasteiger partial charge in [-0.2, -0.15) is 0 Å². The van der Waals surface area contributed by atoms with Crippen molar-refractivity contribution < 1.29 is 14.3 Å². The van der Waals surface area contributed by atoms with Gasteiger partial charge in [0.1, 0.15) is 23.6 Å². The number of carbonyl (C=O) groups is 1. The minimum absolute atomic E-state index is 0.0493. The first-order chi connectivity index (χ1) is 13.4. The quantitative estimate of drug-likeness (QED) is 0.804. The second kappa shape index (κ2) is 5.95. The van der Waals surface area contributed by atoms with E-state index in [1.165, 1.54) is 6.20 Å². The van der Waals surface area contributed by atoms with Gasteiger partial charge in [0.25, 0.3) is 6.02 Å². The first kappa shape index (κ1) is 17.5. The third-order valence-corrected chi connectivity index (χ3v) is 6.33. The van der Waals surface area contributed by atoms with Gasteiger partial charge >= 0.3 is 0 Å². The molecular weight excluding hydrogens is 378 g/mol. The van der Waals surface area contributed by atoms with Crippen molar-refractivity contribution in [2.24, 2.45) is 16.1 Å². The molecular formula is C21H20ClN3O3. The van der Waals surface area contributed by atoms with Gasteiger partial charge < -0.3 is 15.2 Å². The van der Waals surface area contributed by atoms with Crippen molar-refractivity contribution in [2.75, 3.05) is 13.2 Å². The zero-order chi connectivity index (χ0) is 19.5. The summed E-state index contributed by atoms with van der Waals surface area (Å²) in [6.45, 7) is 2.88. The second-order valence-corrected chi connectivity index (χ2v) is 8.35. The number of hydrogen-bond acceptors (Lipinski definition) is 6. The Balaban J connectivity index is 1.51. The number of aromatic nitrogens is 1. The van der Waals surface area contributed by atoms with Gasteiger partial charge in [-0.15, -0.1) is 0 Å². The van der Waals surface area contributed by atoms with E-state index < -0.39 is 5.54 Å². The molecule has 2 spiro atoms. The fraction of sp³-hybridized carbons (Fsp3) is 0.381. The number of fused-ring (bicyclic) bond motifs is 3. The molecule has 3 heterocycles. The Kier molecular flexibility index (Phi) is 3.72. The van der Waals surface area contributed by atoms with Crippen LogP contribution in [0.1, 0.15) is 40.0 Å². The van der Waals surface area contributed by atoms with E-state index in [2.05, 4.69) is 4.98 Å². The predicted octanol–water partition coefficient (Wildman–Crippen LogP) is 3.18. The summed E-state index contributed by atoms with van der Waals surface area (Å²) >= 11 is 5.95. The van der Waals surface area contributed by atoms with E-state index in [0.29, 0.717) is 23.9 Å². The van der Waals surface area contributed by atoms with Gasteiger partial charge in [0.05, 0.1) is 11.6 Å². The van der Waals surface area contributed by atoms with Crippen molar-refractivity contribution in [3.8, 4) is 5.75 Å². The lowest BCUT2D eigenvalue weighted by Crippen LogP contribution is -2.44. The fourth-order valence-electron chi connectivity index (χ4n) is 4.41. The summed E-state index contributed by atoms with van der Waals surface area (Å²) in [4.78, 5) is 21.7. The van der Waals surface area contributed by atoms with Crippen molar-refractivity contribution >= 4 is 23.4 Å². The van der Waals surface area contributed by atoms with E-state index in [4.69, 9.17) is 31.8 Å². The van der Waals surface area contributed by atoms with Crippen molar-refractivity contribution in [2.45, 2.75) is 31.7 Å². The highest BCUT2D eigenvalue weighted by atomic mass is 35.5. The summed E-state index contributed by atoms with van der Waals surface area (Å²) in [5.41, 5.74) is 8.38. The highest BCUT2D eigenvalue weighted by Crippen LogP contribution is 2.65. The van der Waals surface area contributed by atoms with Gasteiger partial charge in [-0.25, -0.2) is 4.99 Å². The number of ketones is 1. The summed E-state index contributed by atoms with van der Waals surface area (Å²) in [5, 5.41) is 0.522. The summed E-state index contributed by atoms with van der Waals surface area (Å²) in [7, 11) is 0. The molecule has 1 aromatic heterocycles. The van der Waals surface area contributed by atoms with E-state index in [1.807, 2.05) is 25.1 Å². The molecule has 7 heteroatoms. The van der Waals surface area contributed by atoms with E-state index in [9.17, 15) is 4.79 Å². The number of nitrogens with zero attached hydrogens (tertiary/aromatic N) is 2. The molecule has 6 nitrogen and oxygen atoms in total. The largest absolute Gasteiger partial charge is 0.493 e. The third kappa shape index (κ3) is 2.51. The van der Waals surface area contributed by atoms with Crippen molar-refractivity contribution in [1.82, 2.24) is 4.98 Å². The van der Waals surface area contributed by atoms with Crippen LogP contribution in [0.25, 0.3) is 0 Å².